The average molecular weight is 396 g/mol. The third kappa shape index (κ3) is 6.28. The van der Waals surface area contributed by atoms with Gasteiger partial charge in [-0.3, -0.25) is 4.79 Å². The Morgan fingerprint density at radius 2 is 2.07 bits per heavy atom. The van der Waals surface area contributed by atoms with Crippen LogP contribution in [0.5, 0.6) is 11.5 Å². The highest BCUT2D eigenvalue weighted by Gasteiger charge is 2.32. The quantitative estimate of drug-likeness (QED) is 0.670. The summed E-state index contributed by atoms with van der Waals surface area (Å²) < 4.78 is 21.7. The second kappa shape index (κ2) is 9.61. The number of carbonyl (C=O) groups is 2. The number of hydrogen-bond donors (Lipinski definition) is 2. The van der Waals surface area contributed by atoms with Gasteiger partial charge < -0.3 is 34.3 Å². The first-order valence-corrected chi connectivity index (χ1v) is 9.06. The maximum atomic E-state index is 12.7. The molecular formula is C19H28N2O7. The van der Waals surface area contributed by atoms with Crippen molar-refractivity contribution in [1.29, 1.82) is 0 Å². The first-order chi connectivity index (χ1) is 13.2. The fourth-order valence-corrected chi connectivity index (χ4v) is 2.51. The molecule has 0 radical (unpaired) electrons. The molecular weight excluding hydrogens is 368 g/mol. The molecule has 0 aromatic heterocycles. The van der Waals surface area contributed by atoms with Gasteiger partial charge in [0.15, 0.2) is 0 Å². The fourth-order valence-electron chi connectivity index (χ4n) is 2.51. The van der Waals surface area contributed by atoms with E-state index < -0.39 is 17.7 Å². The van der Waals surface area contributed by atoms with Crippen molar-refractivity contribution >= 4 is 17.7 Å². The van der Waals surface area contributed by atoms with Crippen molar-refractivity contribution in [1.82, 2.24) is 5.32 Å². The van der Waals surface area contributed by atoms with E-state index in [1.54, 1.807) is 46.0 Å². The highest BCUT2D eigenvalue weighted by molar-refractivity contribution is 6.00. The van der Waals surface area contributed by atoms with E-state index in [0.717, 1.165) is 0 Å². The van der Waals surface area contributed by atoms with Crippen LogP contribution in [-0.4, -0.2) is 68.8 Å². The number of benzene rings is 1. The Morgan fingerprint density at radius 1 is 1.32 bits per heavy atom. The lowest BCUT2D eigenvalue weighted by Crippen LogP contribution is -2.50. The molecule has 2 amide bonds. The van der Waals surface area contributed by atoms with Crippen molar-refractivity contribution in [3.05, 3.63) is 18.2 Å². The average Bonchev–Trinajstić information content (AvgIpc) is 2.72. The number of hydrogen-bond acceptors (Lipinski definition) is 7. The molecule has 0 saturated carbocycles. The second-order valence-electron chi connectivity index (χ2n) is 7.22. The van der Waals surface area contributed by atoms with Crippen LogP contribution >= 0.6 is 0 Å². The molecule has 1 aromatic rings. The standard InChI is InChI=1S/C19H28N2O7/c1-19(2,3)28-18(24)20-14-12-27-16-6-5-13(26-10-9-25-8-7-22)11-15(16)21(4)17(14)23/h5-6,11,14,22H,7-10,12H2,1-4H3,(H,20,24)/t14-/m0/s1. The maximum Gasteiger partial charge on any atom is 0.408 e. The Hall–Kier alpha value is -2.52. The minimum absolute atomic E-state index is 0.00931. The summed E-state index contributed by atoms with van der Waals surface area (Å²) in [5.41, 5.74) is -0.131. The molecule has 9 heteroatoms. The molecule has 0 unspecified atom stereocenters. The van der Waals surface area contributed by atoms with E-state index in [-0.39, 0.29) is 25.7 Å². The van der Waals surface area contributed by atoms with Gasteiger partial charge >= 0.3 is 6.09 Å². The number of rotatable bonds is 7. The van der Waals surface area contributed by atoms with E-state index in [2.05, 4.69) is 5.32 Å². The van der Waals surface area contributed by atoms with E-state index in [4.69, 9.17) is 24.1 Å². The van der Waals surface area contributed by atoms with Crippen molar-refractivity contribution in [2.45, 2.75) is 32.4 Å². The normalized spacial score (nSPS) is 16.7. The van der Waals surface area contributed by atoms with Crippen LogP contribution in [0, 0.1) is 0 Å². The summed E-state index contributed by atoms with van der Waals surface area (Å²) >= 11 is 0. The zero-order valence-corrected chi connectivity index (χ0v) is 16.7. The van der Waals surface area contributed by atoms with Gasteiger partial charge in [-0.25, -0.2) is 4.79 Å². The lowest BCUT2D eigenvalue weighted by Gasteiger charge is -2.23. The van der Waals surface area contributed by atoms with Crippen LogP contribution in [-0.2, 0) is 14.3 Å². The van der Waals surface area contributed by atoms with Gasteiger partial charge in [-0.2, -0.15) is 0 Å². The third-order valence-electron chi connectivity index (χ3n) is 3.75. The SMILES string of the molecule is CN1C(=O)[C@@H](NC(=O)OC(C)(C)C)COc2ccc(OCCOCCO)cc21. The molecule has 156 valence electrons. The molecule has 1 aliphatic heterocycles. The fraction of sp³-hybridized carbons (Fsp3) is 0.579. The molecule has 2 rings (SSSR count). The van der Waals surface area contributed by atoms with Gasteiger partial charge in [0.05, 0.1) is 25.5 Å². The summed E-state index contributed by atoms with van der Waals surface area (Å²) in [7, 11) is 1.60. The molecule has 9 nitrogen and oxygen atoms in total. The van der Waals surface area contributed by atoms with Gasteiger partial charge in [-0.05, 0) is 32.9 Å². The van der Waals surface area contributed by atoms with Crippen LogP contribution in [0.15, 0.2) is 18.2 Å². The molecule has 1 atom stereocenters. The van der Waals surface area contributed by atoms with Gasteiger partial charge in [-0.15, -0.1) is 0 Å². The first kappa shape index (κ1) is 21.8. The molecule has 0 aliphatic carbocycles. The molecule has 0 fully saturated rings. The zero-order valence-electron chi connectivity index (χ0n) is 16.7. The summed E-state index contributed by atoms with van der Waals surface area (Å²) in [6.07, 6.45) is -0.680. The predicted molar refractivity (Wildman–Crippen MR) is 102 cm³/mol. The lowest BCUT2D eigenvalue weighted by molar-refractivity contribution is -0.120. The van der Waals surface area contributed by atoms with Crippen LogP contribution in [0.3, 0.4) is 0 Å². The van der Waals surface area contributed by atoms with E-state index in [1.165, 1.54) is 4.90 Å². The summed E-state index contributed by atoms with van der Waals surface area (Å²) in [4.78, 5) is 26.2. The van der Waals surface area contributed by atoms with E-state index >= 15 is 0 Å². The summed E-state index contributed by atoms with van der Waals surface area (Å²) in [6, 6.07) is 4.25. The highest BCUT2D eigenvalue weighted by atomic mass is 16.6. The summed E-state index contributed by atoms with van der Waals surface area (Å²) in [6.45, 7) is 6.09. The van der Waals surface area contributed by atoms with Crippen molar-refractivity contribution in [2.75, 3.05) is 45.0 Å². The van der Waals surface area contributed by atoms with Crippen molar-refractivity contribution in [2.24, 2.45) is 0 Å². The number of alkyl carbamates (subject to hydrolysis) is 1. The predicted octanol–water partition coefficient (Wildman–Crippen LogP) is 1.32. The molecule has 1 aliphatic rings. The van der Waals surface area contributed by atoms with Crippen LogP contribution in [0.4, 0.5) is 10.5 Å². The summed E-state index contributed by atoms with van der Waals surface area (Å²) in [5, 5.41) is 11.2. The van der Waals surface area contributed by atoms with Crippen LogP contribution < -0.4 is 19.7 Å². The van der Waals surface area contributed by atoms with Gasteiger partial charge in [0.2, 0.25) is 0 Å². The van der Waals surface area contributed by atoms with Crippen LogP contribution in [0.2, 0.25) is 0 Å². The van der Waals surface area contributed by atoms with Gasteiger partial charge in [-0.1, -0.05) is 0 Å². The second-order valence-corrected chi connectivity index (χ2v) is 7.22. The first-order valence-electron chi connectivity index (χ1n) is 9.06. The molecule has 1 aromatic carbocycles. The minimum Gasteiger partial charge on any atom is -0.491 e. The highest BCUT2D eigenvalue weighted by Crippen LogP contribution is 2.34. The van der Waals surface area contributed by atoms with Gasteiger partial charge in [0, 0.05) is 13.1 Å². The topological polar surface area (TPSA) is 107 Å². The number of fused-ring (bicyclic) bond motifs is 1. The molecule has 1 heterocycles. The Balaban J connectivity index is 2.02. The molecule has 0 saturated heterocycles. The molecule has 28 heavy (non-hydrogen) atoms. The van der Waals surface area contributed by atoms with Crippen LogP contribution in [0.1, 0.15) is 20.8 Å². The monoisotopic (exact) mass is 396 g/mol. The number of nitrogens with zero attached hydrogens (tertiary/aromatic N) is 1. The van der Waals surface area contributed by atoms with Gasteiger partial charge in [0.1, 0.15) is 36.4 Å². The Kier molecular flexibility index (Phi) is 7.47. The number of aliphatic hydroxyl groups is 1. The Labute approximate surface area is 164 Å². The number of anilines is 1. The molecule has 0 bridgehead atoms. The Bertz CT molecular complexity index is 687. The number of amides is 2. The van der Waals surface area contributed by atoms with Gasteiger partial charge in [0.25, 0.3) is 5.91 Å². The molecule has 0 spiro atoms. The Morgan fingerprint density at radius 3 is 2.75 bits per heavy atom. The molecule has 2 N–H and O–H groups in total. The van der Waals surface area contributed by atoms with Crippen molar-refractivity contribution in [3.8, 4) is 11.5 Å². The van der Waals surface area contributed by atoms with E-state index in [1.807, 2.05) is 0 Å². The maximum absolute atomic E-state index is 12.7. The van der Waals surface area contributed by atoms with Crippen LogP contribution in [0.25, 0.3) is 0 Å². The zero-order chi connectivity index (χ0) is 20.7. The number of ether oxygens (including phenoxy) is 4. The lowest BCUT2D eigenvalue weighted by atomic mass is 10.2. The number of carbonyl (C=O) groups excluding carboxylic acids is 2. The number of aliphatic hydroxyl groups excluding tert-OH is 1. The van der Waals surface area contributed by atoms with Crippen molar-refractivity contribution < 1.29 is 33.6 Å². The minimum atomic E-state index is -0.872. The third-order valence-corrected chi connectivity index (χ3v) is 3.75. The van der Waals surface area contributed by atoms with Crippen molar-refractivity contribution in [3.63, 3.8) is 0 Å². The number of nitrogens with one attached hydrogen (secondary N) is 1. The van der Waals surface area contributed by atoms with E-state index in [0.29, 0.717) is 30.4 Å². The van der Waals surface area contributed by atoms with E-state index in [9.17, 15) is 9.59 Å². The number of likely N-dealkylation sites (N-methyl/N-ethyl adjacent to an activating group) is 1. The largest absolute Gasteiger partial charge is 0.491 e. The smallest absolute Gasteiger partial charge is 0.408 e. The summed E-state index contributed by atoms with van der Waals surface area (Å²) in [5.74, 6) is 0.731.